The van der Waals surface area contributed by atoms with Crippen LogP contribution in [-0.4, -0.2) is 28.9 Å². The molecule has 0 atom stereocenters. The number of phenols is 1. The summed E-state index contributed by atoms with van der Waals surface area (Å²) >= 11 is 0. The molecular weight excluding hydrogens is 280 g/mol. The lowest BCUT2D eigenvalue weighted by Gasteiger charge is -2.12. The molecule has 0 saturated heterocycles. The normalized spacial score (nSPS) is 10.9. The molecule has 0 amide bonds. The van der Waals surface area contributed by atoms with Gasteiger partial charge in [0.2, 0.25) is 5.75 Å². The van der Waals surface area contributed by atoms with E-state index in [2.05, 4.69) is 11.5 Å². The summed E-state index contributed by atoms with van der Waals surface area (Å²) in [6.07, 6.45) is 0. The molecule has 0 unspecified atom stereocenters. The van der Waals surface area contributed by atoms with Crippen molar-refractivity contribution in [3.8, 4) is 28.6 Å². The molecule has 0 aliphatic rings. The SMILES string of the molecule is CCn1c(-c2cc(OC)c(O)c(OC)c2)nc2ccccc21. The summed E-state index contributed by atoms with van der Waals surface area (Å²) in [5.41, 5.74) is 2.85. The van der Waals surface area contributed by atoms with E-state index in [1.54, 1.807) is 12.1 Å². The average molecular weight is 298 g/mol. The molecule has 0 spiro atoms. The van der Waals surface area contributed by atoms with Gasteiger partial charge >= 0.3 is 0 Å². The number of hydrogen-bond donors (Lipinski definition) is 1. The van der Waals surface area contributed by atoms with Crippen LogP contribution in [0.5, 0.6) is 17.2 Å². The molecule has 0 fully saturated rings. The predicted octanol–water partition coefficient (Wildman–Crippen LogP) is 3.45. The van der Waals surface area contributed by atoms with E-state index in [4.69, 9.17) is 14.5 Å². The Labute approximate surface area is 128 Å². The van der Waals surface area contributed by atoms with Gasteiger partial charge in [-0.25, -0.2) is 4.98 Å². The summed E-state index contributed by atoms with van der Waals surface area (Å²) < 4.78 is 12.6. The van der Waals surface area contributed by atoms with Crippen LogP contribution in [0.4, 0.5) is 0 Å². The Balaban J connectivity index is 2.27. The zero-order chi connectivity index (χ0) is 15.7. The average Bonchev–Trinajstić information content (AvgIpc) is 2.93. The van der Waals surface area contributed by atoms with Crippen LogP contribution in [0, 0.1) is 0 Å². The second-order valence-corrected chi connectivity index (χ2v) is 4.90. The first-order chi connectivity index (χ1) is 10.7. The van der Waals surface area contributed by atoms with Crippen molar-refractivity contribution in [1.29, 1.82) is 0 Å². The second kappa shape index (κ2) is 5.60. The van der Waals surface area contributed by atoms with Gasteiger partial charge in [-0.2, -0.15) is 0 Å². The minimum atomic E-state index is -0.00657. The van der Waals surface area contributed by atoms with Gasteiger partial charge in [0.05, 0.1) is 25.3 Å². The molecule has 3 rings (SSSR count). The molecule has 1 aromatic heterocycles. The van der Waals surface area contributed by atoms with Crippen molar-refractivity contribution >= 4 is 11.0 Å². The van der Waals surface area contributed by atoms with Crippen molar-refractivity contribution in [2.45, 2.75) is 13.5 Å². The number of aromatic hydroxyl groups is 1. The summed E-state index contributed by atoms with van der Waals surface area (Å²) in [6.45, 7) is 2.87. The van der Waals surface area contributed by atoms with Gasteiger partial charge < -0.3 is 19.1 Å². The van der Waals surface area contributed by atoms with E-state index in [1.807, 2.05) is 24.3 Å². The molecule has 5 heteroatoms. The topological polar surface area (TPSA) is 56.5 Å². The van der Waals surface area contributed by atoms with Gasteiger partial charge in [0, 0.05) is 12.1 Å². The van der Waals surface area contributed by atoms with Gasteiger partial charge in [0.25, 0.3) is 0 Å². The number of nitrogens with zero attached hydrogens (tertiary/aromatic N) is 2. The Bertz CT molecular complexity index is 799. The van der Waals surface area contributed by atoms with Crippen LogP contribution in [-0.2, 0) is 6.54 Å². The molecule has 5 nitrogen and oxygen atoms in total. The summed E-state index contributed by atoms with van der Waals surface area (Å²) in [6, 6.07) is 11.5. The quantitative estimate of drug-likeness (QED) is 0.801. The largest absolute Gasteiger partial charge is 0.502 e. The van der Waals surface area contributed by atoms with Gasteiger partial charge in [0.1, 0.15) is 5.82 Å². The van der Waals surface area contributed by atoms with Gasteiger partial charge in [-0.05, 0) is 31.2 Å². The third-order valence-corrected chi connectivity index (χ3v) is 3.71. The fraction of sp³-hybridized carbons (Fsp3) is 0.235. The van der Waals surface area contributed by atoms with Crippen LogP contribution in [0.15, 0.2) is 36.4 Å². The fourth-order valence-electron chi connectivity index (χ4n) is 2.64. The number of ether oxygens (including phenoxy) is 2. The third kappa shape index (κ3) is 2.15. The Hall–Kier alpha value is -2.69. The smallest absolute Gasteiger partial charge is 0.200 e. The van der Waals surface area contributed by atoms with Gasteiger partial charge in [0.15, 0.2) is 11.5 Å². The predicted molar refractivity (Wildman–Crippen MR) is 85.6 cm³/mol. The number of benzene rings is 2. The number of imidazole rings is 1. The maximum atomic E-state index is 10.0. The lowest BCUT2D eigenvalue weighted by Crippen LogP contribution is -1.98. The van der Waals surface area contributed by atoms with Crippen LogP contribution in [0.25, 0.3) is 22.4 Å². The van der Waals surface area contributed by atoms with Crippen molar-refractivity contribution in [3.63, 3.8) is 0 Å². The number of fused-ring (bicyclic) bond motifs is 1. The van der Waals surface area contributed by atoms with E-state index in [0.717, 1.165) is 29.0 Å². The third-order valence-electron chi connectivity index (χ3n) is 3.71. The van der Waals surface area contributed by atoms with Crippen LogP contribution in [0.1, 0.15) is 6.92 Å². The summed E-state index contributed by atoms with van der Waals surface area (Å²) in [7, 11) is 3.03. The van der Waals surface area contributed by atoms with Crippen molar-refractivity contribution in [3.05, 3.63) is 36.4 Å². The summed E-state index contributed by atoms with van der Waals surface area (Å²) in [5.74, 6) is 1.54. The minimum Gasteiger partial charge on any atom is -0.502 e. The van der Waals surface area contributed by atoms with Gasteiger partial charge in [-0.3, -0.25) is 0 Å². The number of para-hydroxylation sites is 2. The highest BCUT2D eigenvalue weighted by atomic mass is 16.5. The van der Waals surface area contributed by atoms with E-state index < -0.39 is 0 Å². The first-order valence-corrected chi connectivity index (χ1v) is 7.10. The van der Waals surface area contributed by atoms with E-state index in [9.17, 15) is 5.11 Å². The number of methoxy groups -OCH3 is 2. The zero-order valence-corrected chi connectivity index (χ0v) is 12.8. The number of phenolic OH excluding ortho intramolecular Hbond substituents is 1. The molecule has 22 heavy (non-hydrogen) atoms. The molecule has 0 radical (unpaired) electrons. The first-order valence-electron chi connectivity index (χ1n) is 7.10. The fourth-order valence-corrected chi connectivity index (χ4v) is 2.64. The molecule has 114 valence electrons. The van der Waals surface area contributed by atoms with Crippen molar-refractivity contribution in [1.82, 2.24) is 9.55 Å². The molecule has 0 bridgehead atoms. The Morgan fingerprint density at radius 2 is 1.73 bits per heavy atom. The number of aryl methyl sites for hydroxylation is 1. The highest BCUT2D eigenvalue weighted by Gasteiger charge is 2.17. The summed E-state index contributed by atoms with van der Waals surface area (Å²) in [4.78, 5) is 4.70. The molecule has 0 saturated carbocycles. The maximum absolute atomic E-state index is 10.0. The van der Waals surface area contributed by atoms with E-state index in [1.165, 1.54) is 14.2 Å². The molecule has 0 aliphatic heterocycles. The van der Waals surface area contributed by atoms with Crippen LogP contribution in [0.2, 0.25) is 0 Å². The van der Waals surface area contributed by atoms with E-state index in [-0.39, 0.29) is 5.75 Å². The molecule has 1 heterocycles. The monoisotopic (exact) mass is 298 g/mol. The first kappa shape index (κ1) is 14.3. The zero-order valence-electron chi connectivity index (χ0n) is 12.8. The van der Waals surface area contributed by atoms with Crippen LogP contribution < -0.4 is 9.47 Å². The minimum absolute atomic E-state index is 0.00657. The molecule has 0 aliphatic carbocycles. The number of hydrogen-bond acceptors (Lipinski definition) is 4. The molecule has 3 aromatic rings. The second-order valence-electron chi connectivity index (χ2n) is 4.90. The lowest BCUT2D eigenvalue weighted by atomic mass is 10.1. The van der Waals surface area contributed by atoms with Crippen molar-refractivity contribution < 1.29 is 14.6 Å². The van der Waals surface area contributed by atoms with Gasteiger partial charge in [-0.15, -0.1) is 0 Å². The lowest BCUT2D eigenvalue weighted by molar-refractivity contribution is 0.340. The number of rotatable bonds is 4. The molecular formula is C17H18N2O3. The maximum Gasteiger partial charge on any atom is 0.200 e. The van der Waals surface area contributed by atoms with Crippen LogP contribution >= 0.6 is 0 Å². The Kier molecular flexibility index (Phi) is 3.63. The van der Waals surface area contributed by atoms with Gasteiger partial charge in [-0.1, -0.05) is 12.1 Å². The van der Waals surface area contributed by atoms with E-state index in [0.29, 0.717) is 11.5 Å². The summed E-state index contributed by atoms with van der Waals surface area (Å²) in [5, 5.41) is 10.0. The Morgan fingerprint density at radius 3 is 2.32 bits per heavy atom. The highest BCUT2D eigenvalue weighted by Crippen LogP contribution is 2.40. The van der Waals surface area contributed by atoms with Crippen molar-refractivity contribution in [2.24, 2.45) is 0 Å². The molecule has 1 N–H and O–H groups in total. The number of aromatic nitrogens is 2. The van der Waals surface area contributed by atoms with Crippen molar-refractivity contribution in [2.75, 3.05) is 14.2 Å². The highest BCUT2D eigenvalue weighted by molar-refractivity contribution is 5.81. The Morgan fingerprint density at radius 1 is 1.09 bits per heavy atom. The molecule has 2 aromatic carbocycles. The van der Waals surface area contributed by atoms with Crippen LogP contribution in [0.3, 0.4) is 0 Å². The standard InChI is InChI=1S/C17H18N2O3/c1-4-19-13-8-6-5-7-12(13)18-17(19)11-9-14(21-2)16(20)15(10-11)22-3/h5-10,20H,4H2,1-3H3. The van der Waals surface area contributed by atoms with E-state index >= 15 is 0 Å².